The molecule has 4 heteroatoms. The molecule has 1 amide bonds. The summed E-state index contributed by atoms with van der Waals surface area (Å²) in [5, 5.41) is 11.7. The molecule has 1 aliphatic rings. The minimum atomic E-state index is 0.0654. The fourth-order valence-corrected chi connectivity index (χ4v) is 2.18. The van der Waals surface area contributed by atoms with E-state index in [-0.39, 0.29) is 5.91 Å². The van der Waals surface area contributed by atoms with Crippen LogP contribution in [0.4, 0.5) is 0 Å². The highest BCUT2D eigenvalue weighted by Gasteiger charge is 2.18. The van der Waals surface area contributed by atoms with Gasteiger partial charge in [-0.05, 0) is 25.8 Å². The van der Waals surface area contributed by atoms with E-state index in [1.165, 1.54) is 12.8 Å². The monoisotopic (exact) mass is 223 g/mol. The summed E-state index contributed by atoms with van der Waals surface area (Å²) in [5.74, 6) is 0.0654. The molecule has 0 unspecified atom stereocenters. The SMILES string of the molecule is CCCN(CC#N)CC(=O)NC1CCCC1. The summed E-state index contributed by atoms with van der Waals surface area (Å²) in [7, 11) is 0. The van der Waals surface area contributed by atoms with E-state index in [1.807, 2.05) is 4.90 Å². The maximum Gasteiger partial charge on any atom is 0.234 e. The van der Waals surface area contributed by atoms with Crippen molar-refractivity contribution in [2.24, 2.45) is 0 Å². The van der Waals surface area contributed by atoms with Crippen LogP contribution in [0.5, 0.6) is 0 Å². The van der Waals surface area contributed by atoms with Crippen LogP contribution in [-0.2, 0) is 4.79 Å². The predicted molar refractivity (Wildman–Crippen MR) is 62.7 cm³/mol. The molecule has 1 N–H and O–H groups in total. The Hall–Kier alpha value is -1.08. The van der Waals surface area contributed by atoms with Gasteiger partial charge < -0.3 is 5.32 Å². The second-order valence-electron chi connectivity index (χ2n) is 4.42. The maximum absolute atomic E-state index is 11.7. The van der Waals surface area contributed by atoms with Gasteiger partial charge in [0, 0.05) is 6.04 Å². The minimum Gasteiger partial charge on any atom is -0.352 e. The Morgan fingerprint density at radius 2 is 2.19 bits per heavy atom. The van der Waals surface area contributed by atoms with Gasteiger partial charge in [0.25, 0.3) is 0 Å². The van der Waals surface area contributed by atoms with Gasteiger partial charge in [0.1, 0.15) is 0 Å². The predicted octanol–water partition coefficient (Wildman–Crippen LogP) is 1.28. The quantitative estimate of drug-likeness (QED) is 0.690. The Balaban J connectivity index is 2.27. The van der Waals surface area contributed by atoms with Crippen LogP contribution in [0.2, 0.25) is 0 Å². The number of amides is 1. The second kappa shape index (κ2) is 7.24. The van der Waals surface area contributed by atoms with Gasteiger partial charge in [0.05, 0.1) is 19.2 Å². The third kappa shape index (κ3) is 4.63. The van der Waals surface area contributed by atoms with Gasteiger partial charge in [-0.1, -0.05) is 19.8 Å². The van der Waals surface area contributed by atoms with Gasteiger partial charge in [0.15, 0.2) is 0 Å². The van der Waals surface area contributed by atoms with Crippen LogP contribution in [0.3, 0.4) is 0 Å². The fourth-order valence-electron chi connectivity index (χ4n) is 2.18. The van der Waals surface area contributed by atoms with E-state index in [4.69, 9.17) is 5.26 Å². The molecule has 0 aromatic heterocycles. The van der Waals surface area contributed by atoms with Crippen molar-refractivity contribution in [3.8, 4) is 6.07 Å². The summed E-state index contributed by atoms with van der Waals surface area (Å²) in [5.41, 5.74) is 0. The van der Waals surface area contributed by atoms with Crippen LogP contribution in [0.1, 0.15) is 39.0 Å². The largest absolute Gasteiger partial charge is 0.352 e. The van der Waals surface area contributed by atoms with Crippen molar-refractivity contribution >= 4 is 5.91 Å². The number of rotatable bonds is 6. The van der Waals surface area contributed by atoms with Crippen LogP contribution in [0.15, 0.2) is 0 Å². The van der Waals surface area contributed by atoms with Crippen LogP contribution in [0, 0.1) is 11.3 Å². The van der Waals surface area contributed by atoms with Gasteiger partial charge in [-0.2, -0.15) is 5.26 Å². The fraction of sp³-hybridized carbons (Fsp3) is 0.833. The molecule has 0 atom stereocenters. The van der Waals surface area contributed by atoms with Crippen molar-refractivity contribution < 1.29 is 4.79 Å². The van der Waals surface area contributed by atoms with Crippen molar-refractivity contribution in [3.05, 3.63) is 0 Å². The first-order valence-electron chi connectivity index (χ1n) is 6.15. The van der Waals surface area contributed by atoms with E-state index < -0.39 is 0 Å². The van der Waals surface area contributed by atoms with Gasteiger partial charge in [-0.3, -0.25) is 9.69 Å². The van der Waals surface area contributed by atoms with E-state index >= 15 is 0 Å². The summed E-state index contributed by atoms with van der Waals surface area (Å²) in [6.45, 7) is 3.56. The molecule has 16 heavy (non-hydrogen) atoms. The zero-order valence-electron chi connectivity index (χ0n) is 10.0. The van der Waals surface area contributed by atoms with E-state index in [1.54, 1.807) is 0 Å². The minimum absolute atomic E-state index is 0.0654. The van der Waals surface area contributed by atoms with Gasteiger partial charge in [0.2, 0.25) is 5.91 Å². The molecule has 90 valence electrons. The molecule has 0 bridgehead atoms. The molecular weight excluding hydrogens is 202 g/mol. The number of nitriles is 1. The van der Waals surface area contributed by atoms with Crippen molar-refractivity contribution in [3.63, 3.8) is 0 Å². The zero-order chi connectivity index (χ0) is 11.8. The van der Waals surface area contributed by atoms with Crippen LogP contribution < -0.4 is 5.32 Å². The third-order valence-corrected chi connectivity index (χ3v) is 2.92. The second-order valence-corrected chi connectivity index (χ2v) is 4.42. The molecule has 1 rings (SSSR count). The van der Waals surface area contributed by atoms with Crippen LogP contribution in [-0.4, -0.2) is 36.5 Å². The maximum atomic E-state index is 11.7. The third-order valence-electron chi connectivity index (χ3n) is 2.92. The summed E-state index contributed by atoms with van der Waals surface area (Å²) < 4.78 is 0. The highest BCUT2D eigenvalue weighted by Crippen LogP contribution is 2.17. The smallest absolute Gasteiger partial charge is 0.234 e. The molecule has 0 radical (unpaired) electrons. The Morgan fingerprint density at radius 1 is 1.50 bits per heavy atom. The number of hydrogen-bond acceptors (Lipinski definition) is 3. The van der Waals surface area contributed by atoms with Crippen molar-refractivity contribution in [1.82, 2.24) is 10.2 Å². The molecule has 0 aromatic rings. The highest BCUT2D eigenvalue weighted by molar-refractivity contribution is 5.78. The Labute approximate surface area is 97.6 Å². The average molecular weight is 223 g/mol. The molecule has 1 aliphatic carbocycles. The number of hydrogen-bond donors (Lipinski definition) is 1. The van der Waals surface area contributed by atoms with Crippen molar-refractivity contribution in [2.75, 3.05) is 19.6 Å². The number of carbonyl (C=O) groups excluding carboxylic acids is 1. The molecule has 0 aliphatic heterocycles. The molecule has 4 nitrogen and oxygen atoms in total. The molecule has 0 heterocycles. The summed E-state index contributed by atoms with van der Waals surface area (Å²) in [6.07, 6.45) is 5.64. The molecular formula is C12H21N3O. The topological polar surface area (TPSA) is 56.1 Å². The summed E-state index contributed by atoms with van der Waals surface area (Å²) in [6, 6.07) is 2.47. The highest BCUT2D eigenvalue weighted by atomic mass is 16.2. The Kier molecular flexibility index (Phi) is 5.87. The van der Waals surface area contributed by atoms with Crippen LogP contribution in [0.25, 0.3) is 0 Å². The summed E-state index contributed by atoms with van der Waals surface area (Å²) >= 11 is 0. The Morgan fingerprint density at radius 3 is 2.75 bits per heavy atom. The normalized spacial score (nSPS) is 16.3. The standard InChI is InChI=1S/C12H21N3O/c1-2-8-15(9-7-13)10-12(16)14-11-5-3-4-6-11/h11H,2-6,8-10H2,1H3,(H,14,16). The van der Waals surface area contributed by atoms with E-state index in [0.717, 1.165) is 25.8 Å². The average Bonchev–Trinajstić information content (AvgIpc) is 2.71. The molecule has 1 fully saturated rings. The van der Waals surface area contributed by atoms with Gasteiger partial charge in [-0.25, -0.2) is 0 Å². The molecule has 0 spiro atoms. The Bertz CT molecular complexity index is 253. The van der Waals surface area contributed by atoms with Crippen molar-refractivity contribution in [1.29, 1.82) is 5.26 Å². The lowest BCUT2D eigenvalue weighted by Gasteiger charge is -2.19. The first-order valence-corrected chi connectivity index (χ1v) is 6.15. The van der Waals surface area contributed by atoms with Gasteiger partial charge in [-0.15, -0.1) is 0 Å². The molecule has 1 saturated carbocycles. The lowest BCUT2D eigenvalue weighted by Crippen LogP contribution is -2.41. The van der Waals surface area contributed by atoms with Gasteiger partial charge >= 0.3 is 0 Å². The zero-order valence-corrected chi connectivity index (χ0v) is 10.0. The number of nitrogens with one attached hydrogen (secondary N) is 1. The lowest BCUT2D eigenvalue weighted by molar-refractivity contribution is -0.122. The van der Waals surface area contributed by atoms with E-state index in [2.05, 4.69) is 18.3 Å². The van der Waals surface area contributed by atoms with E-state index in [0.29, 0.717) is 19.1 Å². The number of nitrogens with zero attached hydrogens (tertiary/aromatic N) is 2. The molecule has 0 aromatic carbocycles. The number of carbonyl (C=O) groups is 1. The van der Waals surface area contributed by atoms with Crippen molar-refractivity contribution in [2.45, 2.75) is 45.1 Å². The van der Waals surface area contributed by atoms with Crippen LogP contribution >= 0.6 is 0 Å². The lowest BCUT2D eigenvalue weighted by atomic mass is 10.2. The molecule has 0 saturated heterocycles. The first kappa shape index (κ1) is 13.0. The first-order chi connectivity index (χ1) is 7.76. The van der Waals surface area contributed by atoms with E-state index in [9.17, 15) is 4.79 Å². The summed E-state index contributed by atoms with van der Waals surface area (Å²) in [4.78, 5) is 13.6.